The Balaban J connectivity index is 2.32. The predicted molar refractivity (Wildman–Crippen MR) is 45.3 cm³/mol. The van der Waals surface area contributed by atoms with Gasteiger partial charge in [-0.2, -0.15) is 0 Å². The Kier molecular flexibility index (Phi) is 1.82. The van der Waals surface area contributed by atoms with Crippen LogP contribution in [0.2, 0.25) is 0 Å². The van der Waals surface area contributed by atoms with E-state index in [1.165, 1.54) is 11.3 Å². The Morgan fingerprint density at radius 1 is 1.82 bits per heavy atom. The zero-order valence-electron chi connectivity index (χ0n) is 6.54. The Labute approximate surface area is 70.2 Å². The first-order chi connectivity index (χ1) is 5.42. The van der Waals surface area contributed by atoms with Crippen molar-refractivity contribution < 1.29 is 4.74 Å². The van der Waals surface area contributed by atoms with Gasteiger partial charge in [-0.15, -0.1) is 11.3 Å². The average molecular weight is 169 g/mol. The lowest BCUT2D eigenvalue weighted by Crippen LogP contribution is -2.11. The molecule has 2 rings (SSSR count). The van der Waals surface area contributed by atoms with Crippen LogP contribution in [0, 0.1) is 0 Å². The maximum atomic E-state index is 5.39. The van der Waals surface area contributed by atoms with Crippen molar-refractivity contribution in [2.24, 2.45) is 0 Å². The molecule has 0 bridgehead atoms. The number of hydrogen-bond acceptors (Lipinski definition) is 3. The van der Waals surface area contributed by atoms with Crippen molar-refractivity contribution in [2.45, 2.75) is 25.7 Å². The molecule has 0 spiro atoms. The molecule has 2 nitrogen and oxygen atoms in total. The SMILES string of the molecule is CC[C@H]1CCOc2ncsc21. The molecule has 11 heavy (non-hydrogen) atoms. The van der Waals surface area contributed by atoms with E-state index in [1.807, 2.05) is 5.51 Å². The molecule has 0 unspecified atom stereocenters. The van der Waals surface area contributed by atoms with Crippen molar-refractivity contribution in [1.82, 2.24) is 4.98 Å². The molecule has 0 radical (unpaired) electrons. The number of thiazole rings is 1. The normalized spacial score (nSPS) is 22.5. The van der Waals surface area contributed by atoms with E-state index in [2.05, 4.69) is 11.9 Å². The number of rotatable bonds is 1. The molecular formula is C8H11NOS. The summed E-state index contributed by atoms with van der Waals surface area (Å²) in [6.07, 6.45) is 2.37. The molecule has 1 aliphatic heterocycles. The molecular weight excluding hydrogens is 158 g/mol. The average Bonchev–Trinajstić information content (AvgIpc) is 2.50. The van der Waals surface area contributed by atoms with Crippen molar-refractivity contribution in [2.75, 3.05) is 6.61 Å². The van der Waals surface area contributed by atoms with Crippen molar-refractivity contribution >= 4 is 11.3 Å². The topological polar surface area (TPSA) is 22.1 Å². The van der Waals surface area contributed by atoms with E-state index >= 15 is 0 Å². The van der Waals surface area contributed by atoms with Crippen molar-refractivity contribution in [3.63, 3.8) is 0 Å². The molecule has 1 aliphatic rings. The summed E-state index contributed by atoms with van der Waals surface area (Å²) in [5, 5.41) is 0. The van der Waals surface area contributed by atoms with Gasteiger partial charge in [0.05, 0.1) is 17.0 Å². The standard InChI is InChI=1S/C8H11NOS/c1-2-6-3-4-10-8-7(6)11-5-9-8/h5-6H,2-4H2,1H3/t6-/m0/s1. The van der Waals surface area contributed by atoms with E-state index in [-0.39, 0.29) is 0 Å². The lowest BCUT2D eigenvalue weighted by molar-refractivity contribution is 0.259. The van der Waals surface area contributed by atoms with Crippen LogP contribution in [0.5, 0.6) is 5.88 Å². The van der Waals surface area contributed by atoms with Gasteiger partial charge in [0, 0.05) is 5.92 Å². The first kappa shape index (κ1) is 7.10. The molecule has 0 aromatic carbocycles. The molecule has 1 aromatic heterocycles. The summed E-state index contributed by atoms with van der Waals surface area (Å²) in [7, 11) is 0. The molecule has 60 valence electrons. The van der Waals surface area contributed by atoms with Gasteiger partial charge >= 0.3 is 0 Å². The van der Waals surface area contributed by atoms with Gasteiger partial charge in [0.1, 0.15) is 0 Å². The lowest BCUT2D eigenvalue weighted by Gasteiger charge is -2.19. The van der Waals surface area contributed by atoms with Gasteiger partial charge in [-0.05, 0) is 12.8 Å². The van der Waals surface area contributed by atoms with Crippen LogP contribution < -0.4 is 4.74 Å². The number of ether oxygens (including phenoxy) is 1. The Morgan fingerprint density at radius 3 is 3.55 bits per heavy atom. The van der Waals surface area contributed by atoms with Gasteiger partial charge in [-0.25, -0.2) is 4.98 Å². The largest absolute Gasteiger partial charge is 0.477 e. The van der Waals surface area contributed by atoms with Gasteiger partial charge in [0.2, 0.25) is 5.88 Å². The van der Waals surface area contributed by atoms with Gasteiger partial charge in [0.15, 0.2) is 0 Å². The molecule has 1 aromatic rings. The highest BCUT2D eigenvalue weighted by atomic mass is 32.1. The fourth-order valence-corrected chi connectivity index (χ4v) is 2.39. The van der Waals surface area contributed by atoms with E-state index in [4.69, 9.17) is 4.74 Å². The molecule has 0 saturated carbocycles. The first-order valence-corrected chi connectivity index (χ1v) is 4.86. The molecule has 0 amide bonds. The molecule has 0 aliphatic carbocycles. The van der Waals surface area contributed by atoms with Crippen LogP contribution in [0.25, 0.3) is 0 Å². The van der Waals surface area contributed by atoms with Gasteiger partial charge in [-0.3, -0.25) is 0 Å². The van der Waals surface area contributed by atoms with Crippen molar-refractivity contribution in [3.05, 3.63) is 10.4 Å². The zero-order valence-corrected chi connectivity index (χ0v) is 7.36. The minimum atomic E-state index is 0.700. The summed E-state index contributed by atoms with van der Waals surface area (Å²) < 4.78 is 5.39. The van der Waals surface area contributed by atoms with Gasteiger partial charge < -0.3 is 4.74 Å². The van der Waals surface area contributed by atoms with E-state index in [1.54, 1.807) is 11.3 Å². The molecule has 0 saturated heterocycles. The third-order valence-electron chi connectivity index (χ3n) is 2.13. The summed E-state index contributed by atoms with van der Waals surface area (Å²) in [4.78, 5) is 5.50. The van der Waals surface area contributed by atoms with Crippen LogP contribution in [-0.2, 0) is 0 Å². The zero-order chi connectivity index (χ0) is 7.68. The van der Waals surface area contributed by atoms with Crippen molar-refractivity contribution in [1.29, 1.82) is 0 Å². The van der Waals surface area contributed by atoms with E-state index in [9.17, 15) is 0 Å². The quantitative estimate of drug-likeness (QED) is 0.644. The Hall–Kier alpha value is -0.570. The highest BCUT2D eigenvalue weighted by Crippen LogP contribution is 2.37. The number of aromatic nitrogens is 1. The molecule has 2 heterocycles. The number of nitrogens with zero attached hydrogens (tertiary/aromatic N) is 1. The fraction of sp³-hybridized carbons (Fsp3) is 0.625. The highest BCUT2D eigenvalue weighted by Gasteiger charge is 2.21. The molecule has 0 N–H and O–H groups in total. The van der Waals surface area contributed by atoms with Gasteiger partial charge in [0.25, 0.3) is 0 Å². The van der Waals surface area contributed by atoms with Crippen molar-refractivity contribution in [3.8, 4) is 5.88 Å². The summed E-state index contributed by atoms with van der Waals surface area (Å²) in [6.45, 7) is 3.06. The van der Waals surface area contributed by atoms with Gasteiger partial charge in [-0.1, -0.05) is 6.92 Å². The lowest BCUT2D eigenvalue weighted by atomic mass is 10.00. The minimum absolute atomic E-state index is 0.700. The van der Waals surface area contributed by atoms with Crippen LogP contribution in [0.4, 0.5) is 0 Å². The summed E-state index contributed by atoms with van der Waals surface area (Å²) >= 11 is 1.72. The maximum absolute atomic E-state index is 5.39. The fourth-order valence-electron chi connectivity index (χ4n) is 1.44. The summed E-state index contributed by atoms with van der Waals surface area (Å²) in [5.74, 6) is 1.58. The molecule has 1 atom stereocenters. The molecule has 3 heteroatoms. The summed E-state index contributed by atoms with van der Waals surface area (Å²) in [5.41, 5.74) is 1.87. The van der Waals surface area contributed by atoms with Crippen LogP contribution in [0.1, 0.15) is 30.6 Å². The highest BCUT2D eigenvalue weighted by molar-refractivity contribution is 7.10. The Morgan fingerprint density at radius 2 is 2.73 bits per heavy atom. The third-order valence-corrected chi connectivity index (χ3v) is 3.10. The van der Waals surface area contributed by atoms with Crippen LogP contribution in [-0.4, -0.2) is 11.6 Å². The number of hydrogen-bond donors (Lipinski definition) is 0. The third kappa shape index (κ3) is 1.13. The minimum Gasteiger partial charge on any atom is -0.477 e. The van der Waals surface area contributed by atoms with Crippen LogP contribution in [0.3, 0.4) is 0 Å². The number of fused-ring (bicyclic) bond motifs is 1. The predicted octanol–water partition coefficient (Wildman–Crippen LogP) is 2.42. The van der Waals surface area contributed by atoms with E-state index in [0.717, 1.165) is 18.9 Å². The van der Waals surface area contributed by atoms with E-state index in [0.29, 0.717) is 5.92 Å². The second kappa shape index (κ2) is 2.81. The monoisotopic (exact) mass is 169 g/mol. The smallest absolute Gasteiger partial charge is 0.227 e. The van der Waals surface area contributed by atoms with Crippen LogP contribution >= 0.6 is 11.3 Å². The second-order valence-electron chi connectivity index (χ2n) is 2.76. The summed E-state index contributed by atoms with van der Waals surface area (Å²) in [6, 6.07) is 0. The Bertz CT molecular complexity index is 246. The maximum Gasteiger partial charge on any atom is 0.227 e. The molecule has 0 fully saturated rings. The van der Waals surface area contributed by atoms with E-state index < -0.39 is 0 Å². The first-order valence-electron chi connectivity index (χ1n) is 3.98. The second-order valence-corrected chi connectivity index (χ2v) is 3.65. The van der Waals surface area contributed by atoms with Crippen LogP contribution in [0.15, 0.2) is 5.51 Å².